The van der Waals surface area contributed by atoms with Gasteiger partial charge in [-0.1, -0.05) is 20.8 Å². The summed E-state index contributed by atoms with van der Waals surface area (Å²) in [6, 6.07) is 0. The van der Waals surface area contributed by atoms with Crippen LogP contribution in [0.1, 0.15) is 40.0 Å². The maximum atomic E-state index is 11.2. The fraction of sp³-hybridized carbons (Fsp3) is 0.833. The maximum Gasteiger partial charge on any atom is 0.307 e. The fourth-order valence-electron chi connectivity index (χ4n) is 2.57. The molecule has 0 radical (unpaired) electrons. The molecule has 0 bridgehead atoms. The predicted molar refractivity (Wildman–Crippen MR) is 60.6 cm³/mol. The van der Waals surface area contributed by atoms with Crippen LogP contribution in [0.3, 0.4) is 0 Å². The quantitative estimate of drug-likeness (QED) is 0.752. The van der Waals surface area contributed by atoms with Gasteiger partial charge in [-0.25, -0.2) is 0 Å². The maximum absolute atomic E-state index is 11.2. The van der Waals surface area contributed by atoms with E-state index < -0.39 is 23.7 Å². The SMILES string of the molecule is CC(C)(C)C1CCC(C(N)=O)C(C(=O)O)C1. The van der Waals surface area contributed by atoms with Gasteiger partial charge < -0.3 is 10.8 Å². The lowest BCUT2D eigenvalue weighted by molar-refractivity contribution is -0.150. The van der Waals surface area contributed by atoms with E-state index in [9.17, 15) is 9.59 Å². The Balaban J connectivity index is 2.81. The number of aliphatic carboxylic acids is 1. The van der Waals surface area contributed by atoms with Crippen molar-refractivity contribution in [2.24, 2.45) is 28.9 Å². The van der Waals surface area contributed by atoms with Crippen LogP contribution in [0.4, 0.5) is 0 Å². The molecule has 1 saturated carbocycles. The van der Waals surface area contributed by atoms with Crippen molar-refractivity contribution in [3.8, 4) is 0 Å². The topological polar surface area (TPSA) is 80.4 Å². The monoisotopic (exact) mass is 227 g/mol. The van der Waals surface area contributed by atoms with Gasteiger partial charge in [0.2, 0.25) is 5.91 Å². The van der Waals surface area contributed by atoms with Gasteiger partial charge in [-0.3, -0.25) is 9.59 Å². The van der Waals surface area contributed by atoms with Crippen molar-refractivity contribution in [2.75, 3.05) is 0 Å². The number of hydrogen-bond acceptors (Lipinski definition) is 2. The molecule has 92 valence electrons. The number of nitrogens with two attached hydrogens (primary N) is 1. The summed E-state index contributed by atoms with van der Waals surface area (Å²) >= 11 is 0. The van der Waals surface area contributed by atoms with Gasteiger partial charge in [0, 0.05) is 0 Å². The third kappa shape index (κ3) is 2.74. The molecule has 1 aliphatic carbocycles. The Labute approximate surface area is 96.2 Å². The second-order valence-electron chi connectivity index (χ2n) is 5.83. The second kappa shape index (κ2) is 4.44. The molecule has 16 heavy (non-hydrogen) atoms. The number of amides is 1. The van der Waals surface area contributed by atoms with Crippen molar-refractivity contribution in [2.45, 2.75) is 40.0 Å². The highest BCUT2D eigenvalue weighted by atomic mass is 16.4. The van der Waals surface area contributed by atoms with Gasteiger partial charge in [-0.05, 0) is 30.6 Å². The Morgan fingerprint density at radius 3 is 2.12 bits per heavy atom. The van der Waals surface area contributed by atoms with Crippen molar-refractivity contribution >= 4 is 11.9 Å². The van der Waals surface area contributed by atoms with Gasteiger partial charge in [0.15, 0.2) is 0 Å². The molecule has 3 atom stereocenters. The standard InChI is InChI=1S/C12H21NO3/c1-12(2,3)7-4-5-8(10(13)14)9(6-7)11(15)16/h7-9H,4-6H2,1-3H3,(H2,13,14)(H,15,16). The zero-order chi connectivity index (χ0) is 12.5. The lowest BCUT2D eigenvalue weighted by atomic mass is 9.65. The highest BCUT2D eigenvalue weighted by Gasteiger charge is 2.41. The molecule has 4 heteroatoms. The van der Waals surface area contributed by atoms with Crippen molar-refractivity contribution in [3.05, 3.63) is 0 Å². The third-order valence-electron chi connectivity index (χ3n) is 3.76. The number of rotatable bonds is 2. The molecule has 0 aromatic heterocycles. The Morgan fingerprint density at radius 2 is 1.75 bits per heavy atom. The third-order valence-corrected chi connectivity index (χ3v) is 3.76. The van der Waals surface area contributed by atoms with Gasteiger partial charge in [-0.2, -0.15) is 0 Å². The smallest absolute Gasteiger partial charge is 0.307 e. The van der Waals surface area contributed by atoms with Crippen LogP contribution in [-0.2, 0) is 9.59 Å². The minimum atomic E-state index is -0.891. The highest BCUT2D eigenvalue weighted by Crippen LogP contribution is 2.42. The van der Waals surface area contributed by atoms with E-state index in [2.05, 4.69) is 20.8 Å². The summed E-state index contributed by atoms with van der Waals surface area (Å²) in [5.74, 6) is -2.10. The van der Waals surface area contributed by atoms with Crippen molar-refractivity contribution in [1.29, 1.82) is 0 Å². The molecule has 0 spiro atoms. The predicted octanol–water partition coefficient (Wildman–Crippen LogP) is 1.63. The summed E-state index contributed by atoms with van der Waals surface area (Å²) in [5.41, 5.74) is 5.34. The molecule has 0 heterocycles. The van der Waals surface area contributed by atoms with E-state index in [1.807, 2.05) is 0 Å². The first-order valence-electron chi connectivity index (χ1n) is 5.75. The van der Waals surface area contributed by atoms with Crippen LogP contribution in [0.2, 0.25) is 0 Å². The first-order chi connectivity index (χ1) is 7.23. The van der Waals surface area contributed by atoms with Crippen LogP contribution < -0.4 is 5.73 Å². The Hall–Kier alpha value is -1.06. The molecular weight excluding hydrogens is 206 g/mol. The van der Waals surface area contributed by atoms with E-state index in [0.29, 0.717) is 18.8 Å². The molecule has 0 aromatic carbocycles. The van der Waals surface area contributed by atoms with Crippen LogP contribution in [0.5, 0.6) is 0 Å². The van der Waals surface area contributed by atoms with E-state index in [4.69, 9.17) is 10.8 Å². The fourth-order valence-corrected chi connectivity index (χ4v) is 2.57. The van der Waals surface area contributed by atoms with Gasteiger partial charge in [0.1, 0.15) is 0 Å². The molecule has 0 aliphatic heterocycles. The molecule has 1 amide bonds. The average molecular weight is 227 g/mol. The van der Waals surface area contributed by atoms with Gasteiger partial charge >= 0.3 is 5.97 Å². The summed E-state index contributed by atoms with van der Waals surface area (Å²) in [6.45, 7) is 6.34. The summed E-state index contributed by atoms with van der Waals surface area (Å²) in [7, 11) is 0. The van der Waals surface area contributed by atoms with Crippen molar-refractivity contribution in [1.82, 2.24) is 0 Å². The highest BCUT2D eigenvalue weighted by molar-refractivity contribution is 5.83. The number of carboxylic acid groups (broad SMARTS) is 1. The van der Waals surface area contributed by atoms with Gasteiger partial charge in [0.25, 0.3) is 0 Å². The van der Waals surface area contributed by atoms with E-state index >= 15 is 0 Å². The van der Waals surface area contributed by atoms with Gasteiger partial charge in [0.05, 0.1) is 11.8 Å². The minimum absolute atomic E-state index is 0.0936. The van der Waals surface area contributed by atoms with Crippen molar-refractivity contribution < 1.29 is 14.7 Å². The summed E-state index contributed by atoms with van der Waals surface area (Å²) in [4.78, 5) is 22.3. The van der Waals surface area contributed by atoms with Crippen LogP contribution >= 0.6 is 0 Å². The molecule has 1 rings (SSSR count). The zero-order valence-corrected chi connectivity index (χ0v) is 10.2. The number of primary amides is 1. The van der Waals surface area contributed by atoms with Crippen LogP contribution in [0, 0.1) is 23.2 Å². The number of carbonyl (C=O) groups is 2. The normalized spacial score (nSPS) is 31.1. The van der Waals surface area contributed by atoms with E-state index in [0.717, 1.165) is 6.42 Å². The lowest BCUT2D eigenvalue weighted by Crippen LogP contribution is -2.41. The van der Waals surface area contributed by atoms with Gasteiger partial charge in [-0.15, -0.1) is 0 Å². The van der Waals surface area contributed by atoms with Crippen molar-refractivity contribution in [3.63, 3.8) is 0 Å². The second-order valence-corrected chi connectivity index (χ2v) is 5.83. The van der Waals surface area contributed by atoms with Crippen LogP contribution in [0.25, 0.3) is 0 Å². The first kappa shape index (κ1) is 13.0. The summed E-state index contributed by atoms with van der Waals surface area (Å²) < 4.78 is 0. The minimum Gasteiger partial charge on any atom is -0.481 e. The summed E-state index contributed by atoms with van der Waals surface area (Å²) in [6.07, 6.45) is 2.06. The average Bonchev–Trinajstić information content (AvgIpc) is 2.15. The molecule has 0 aromatic rings. The Kier molecular flexibility index (Phi) is 3.61. The largest absolute Gasteiger partial charge is 0.481 e. The molecule has 0 saturated heterocycles. The zero-order valence-electron chi connectivity index (χ0n) is 10.2. The molecule has 1 aliphatic rings. The van der Waals surface area contributed by atoms with E-state index in [-0.39, 0.29) is 5.41 Å². The first-order valence-corrected chi connectivity index (χ1v) is 5.75. The number of carbonyl (C=O) groups excluding carboxylic acids is 1. The molecule has 1 fully saturated rings. The number of hydrogen-bond donors (Lipinski definition) is 2. The number of carboxylic acids is 1. The van der Waals surface area contributed by atoms with Crippen LogP contribution in [0.15, 0.2) is 0 Å². The lowest BCUT2D eigenvalue weighted by Gasteiger charge is -2.39. The molecule has 3 unspecified atom stereocenters. The molecular formula is C12H21NO3. The van der Waals surface area contributed by atoms with Crippen LogP contribution in [-0.4, -0.2) is 17.0 Å². The summed E-state index contributed by atoms with van der Waals surface area (Å²) in [5, 5.41) is 9.13. The molecule has 4 nitrogen and oxygen atoms in total. The van der Waals surface area contributed by atoms with E-state index in [1.165, 1.54) is 0 Å². The van der Waals surface area contributed by atoms with E-state index in [1.54, 1.807) is 0 Å². The Morgan fingerprint density at radius 1 is 1.19 bits per heavy atom. The Bertz CT molecular complexity index is 293. The molecule has 3 N–H and O–H groups in total.